The van der Waals surface area contributed by atoms with E-state index in [1.165, 1.54) is 11.3 Å². The molecule has 2 unspecified atom stereocenters. The molecule has 1 aliphatic heterocycles. The molecule has 0 saturated carbocycles. The molecule has 4 heteroatoms. The number of pyridine rings is 1. The zero-order valence-electron chi connectivity index (χ0n) is 14.1. The smallest absolute Gasteiger partial charge is 0.0726 e. The Morgan fingerprint density at radius 1 is 1.13 bits per heavy atom. The number of nitrogens with one attached hydrogen (secondary N) is 1. The number of aryl methyl sites for hydroxylation is 1. The number of rotatable bonds is 4. The lowest BCUT2D eigenvalue weighted by Crippen LogP contribution is -2.45. The Bertz CT molecular complexity index is 649. The van der Waals surface area contributed by atoms with E-state index in [2.05, 4.69) is 59.4 Å². The number of nitrogens with zero attached hydrogens (tertiary/aromatic N) is 2. The maximum Gasteiger partial charge on any atom is 0.0726 e. The van der Waals surface area contributed by atoms with Crippen LogP contribution in [0.1, 0.15) is 25.1 Å². The summed E-state index contributed by atoms with van der Waals surface area (Å²) in [7, 11) is 0. The second-order valence-electron chi connectivity index (χ2n) is 6.28. The van der Waals surface area contributed by atoms with Gasteiger partial charge in [-0.25, -0.2) is 0 Å². The molecule has 1 saturated heterocycles. The molecule has 2 heterocycles. The van der Waals surface area contributed by atoms with Gasteiger partial charge in [-0.3, -0.25) is 4.98 Å². The highest BCUT2D eigenvalue weighted by molar-refractivity contribution is 5.70. The van der Waals surface area contributed by atoms with E-state index in [0.29, 0.717) is 0 Å². The number of ether oxygens (including phenoxy) is 1. The molecule has 1 fully saturated rings. The van der Waals surface area contributed by atoms with Crippen molar-refractivity contribution >= 4 is 11.4 Å². The zero-order valence-corrected chi connectivity index (χ0v) is 14.1. The molecule has 0 radical (unpaired) electrons. The molecule has 2 aromatic rings. The Morgan fingerprint density at radius 2 is 1.87 bits per heavy atom. The number of morpholine rings is 1. The minimum Gasteiger partial charge on any atom is -0.379 e. The highest BCUT2D eigenvalue weighted by Gasteiger charge is 2.23. The maximum absolute atomic E-state index is 5.85. The molecule has 0 spiro atoms. The third-order valence-corrected chi connectivity index (χ3v) is 4.25. The van der Waals surface area contributed by atoms with E-state index >= 15 is 0 Å². The zero-order chi connectivity index (χ0) is 16.2. The Hall–Kier alpha value is -2.07. The van der Waals surface area contributed by atoms with Crippen molar-refractivity contribution in [2.45, 2.75) is 39.5 Å². The lowest BCUT2D eigenvalue weighted by Gasteiger charge is -2.37. The fourth-order valence-corrected chi connectivity index (χ4v) is 3.17. The van der Waals surface area contributed by atoms with Gasteiger partial charge in [0.1, 0.15) is 0 Å². The van der Waals surface area contributed by atoms with E-state index in [1.54, 1.807) is 0 Å². The van der Waals surface area contributed by atoms with E-state index in [0.717, 1.165) is 31.0 Å². The molecule has 4 nitrogen and oxygen atoms in total. The molecular weight excluding hydrogens is 286 g/mol. The molecule has 122 valence electrons. The normalized spacial score (nSPS) is 21.3. The van der Waals surface area contributed by atoms with Gasteiger partial charge < -0.3 is 15.0 Å². The summed E-state index contributed by atoms with van der Waals surface area (Å²) >= 11 is 0. The molecule has 0 bridgehead atoms. The van der Waals surface area contributed by atoms with E-state index < -0.39 is 0 Å². The van der Waals surface area contributed by atoms with Crippen molar-refractivity contribution < 1.29 is 4.74 Å². The lowest BCUT2D eigenvalue weighted by atomic mass is 10.1. The standard InChI is InChI=1S/C19H25N3O/c1-14-12-22(13-15(2)23-14)19-9-5-4-8-18(19)21-11-17-7-6-10-20-16(17)3/h4-10,14-15,21H,11-13H2,1-3H3. The predicted molar refractivity (Wildman–Crippen MR) is 95.0 cm³/mol. The van der Waals surface area contributed by atoms with Crippen LogP contribution >= 0.6 is 0 Å². The molecule has 1 aromatic heterocycles. The molecule has 1 N–H and O–H groups in total. The number of aromatic nitrogens is 1. The van der Waals surface area contributed by atoms with Crippen LogP contribution in [0.2, 0.25) is 0 Å². The molecule has 2 atom stereocenters. The molecule has 23 heavy (non-hydrogen) atoms. The van der Waals surface area contributed by atoms with E-state index in [9.17, 15) is 0 Å². The first kappa shape index (κ1) is 15.8. The first-order valence-electron chi connectivity index (χ1n) is 8.27. The monoisotopic (exact) mass is 311 g/mol. The third-order valence-electron chi connectivity index (χ3n) is 4.25. The van der Waals surface area contributed by atoms with Gasteiger partial charge in [-0.1, -0.05) is 18.2 Å². The Kier molecular flexibility index (Phi) is 4.82. The van der Waals surface area contributed by atoms with E-state index in [4.69, 9.17) is 4.74 Å². The van der Waals surface area contributed by atoms with Crippen LogP contribution in [0.25, 0.3) is 0 Å². The topological polar surface area (TPSA) is 37.4 Å². The highest BCUT2D eigenvalue weighted by Crippen LogP contribution is 2.29. The fraction of sp³-hybridized carbons (Fsp3) is 0.421. The molecule has 1 aromatic carbocycles. The summed E-state index contributed by atoms with van der Waals surface area (Å²) in [5, 5.41) is 3.57. The van der Waals surface area contributed by atoms with Crippen LogP contribution in [0.15, 0.2) is 42.6 Å². The molecule has 0 aliphatic carbocycles. The van der Waals surface area contributed by atoms with Crippen LogP contribution in [0.3, 0.4) is 0 Å². The predicted octanol–water partition coefficient (Wildman–Crippen LogP) is 3.62. The first-order chi connectivity index (χ1) is 11.1. The van der Waals surface area contributed by atoms with Crippen molar-refractivity contribution in [2.75, 3.05) is 23.3 Å². The molecular formula is C19H25N3O. The van der Waals surface area contributed by atoms with Gasteiger partial charge in [0.25, 0.3) is 0 Å². The highest BCUT2D eigenvalue weighted by atomic mass is 16.5. The summed E-state index contributed by atoms with van der Waals surface area (Å²) in [6.45, 7) is 8.96. The van der Waals surface area contributed by atoms with Gasteiger partial charge in [-0.15, -0.1) is 0 Å². The van der Waals surface area contributed by atoms with Crippen LogP contribution in [-0.2, 0) is 11.3 Å². The lowest BCUT2D eigenvalue weighted by molar-refractivity contribution is -0.00517. The minimum atomic E-state index is 0.257. The second kappa shape index (κ2) is 7.01. The Balaban J connectivity index is 1.77. The van der Waals surface area contributed by atoms with Crippen molar-refractivity contribution in [3.63, 3.8) is 0 Å². The SMILES string of the molecule is Cc1ncccc1CNc1ccccc1N1CC(C)OC(C)C1. The van der Waals surface area contributed by atoms with Crippen LogP contribution in [-0.4, -0.2) is 30.3 Å². The number of para-hydroxylation sites is 2. The number of anilines is 2. The van der Waals surface area contributed by atoms with Crippen molar-refractivity contribution in [3.05, 3.63) is 53.9 Å². The average Bonchev–Trinajstić information content (AvgIpc) is 2.53. The van der Waals surface area contributed by atoms with E-state index in [1.807, 2.05) is 19.2 Å². The van der Waals surface area contributed by atoms with Gasteiger partial charge in [0.05, 0.1) is 23.6 Å². The summed E-state index contributed by atoms with van der Waals surface area (Å²) in [6, 6.07) is 12.6. The van der Waals surface area contributed by atoms with Crippen LogP contribution in [0.5, 0.6) is 0 Å². The Morgan fingerprint density at radius 3 is 2.61 bits per heavy atom. The summed E-state index contributed by atoms with van der Waals surface area (Å²) in [6.07, 6.45) is 2.35. The minimum absolute atomic E-state index is 0.257. The summed E-state index contributed by atoms with van der Waals surface area (Å²) in [5.41, 5.74) is 4.71. The quantitative estimate of drug-likeness (QED) is 0.936. The summed E-state index contributed by atoms with van der Waals surface area (Å²) in [4.78, 5) is 6.77. The fourth-order valence-electron chi connectivity index (χ4n) is 3.17. The third kappa shape index (κ3) is 3.82. The van der Waals surface area contributed by atoms with Crippen LogP contribution < -0.4 is 10.2 Å². The van der Waals surface area contributed by atoms with Gasteiger partial charge >= 0.3 is 0 Å². The largest absolute Gasteiger partial charge is 0.379 e. The van der Waals surface area contributed by atoms with E-state index in [-0.39, 0.29) is 12.2 Å². The number of hydrogen-bond acceptors (Lipinski definition) is 4. The summed E-state index contributed by atoms with van der Waals surface area (Å²) in [5.74, 6) is 0. The van der Waals surface area contributed by atoms with Crippen LogP contribution in [0.4, 0.5) is 11.4 Å². The molecule has 0 amide bonds. The summed E-state index contributed by atoms with van der Waals surface area (Å²) < 4.78 is 5.85. The van der Waals surface area contributed by atoms with Crippen molar-refractivity contribution in [1.29, 1.82) is 0 Å². The number of hydrogen-bond donors (Lipinski definition) is 1. The Labute approximate surface area is 138 Å². The van der Waals surface area contributed by atoms with Gasteiger partial charge in [-0.2, -0.15) is 0 Å². The van der Waals surface area contributed by atoms with Crippen molar-refractivity contribution in [1.82, 2.24) is 4.98 Å². The molecule has 1 aliphatic rings. The first-order valence-corrected chi connectivity index (χ1v) is 8.27. The van der Waals surface area contributed by atoms with Crippen molar-refractivity contribution in [3.8, 4) is 0 Å². The maximum atomic E-state index is 5.85. The van der Waals surface area contributed by atoms with Crippen molar-refractivity contribution in [2.24, 2.45) is 0 Å². The molecule has 3 rings (SSSR count). The van der Waals surface area contributed by atoms with Gasteiger partial charge in [0.2, 0.25) is 0 Å². The van der Waals surface area contributed by atoms with Gasteiger partial charge in [0.15, 0.2) is 0 Å². The second-order valence-corrected chi connectivity index (χ2v) is 6.28. The number of benzene rings is 1. The van der Waals surface area contributed by atoms with Gasteiger partial charge in [-0.05, 0) is 44.5 Å². The average molecular weight is 311 g/mol. The van der Waals surface area contributed by atoms with Crippen LogP contribution in [0, 0.1) is 6.92 Å². The van der Waals surface area contributed by atoms with Gasteiger partial charge in [0, 0.05) is 31.5 Å².